The summed E-state index contributed by atoms with van der Waals surface area (Å²) in [5.74, 6) is 1.39. The van der Waals surface area contributed by atoms with Crippen LogP contribution in [-0.2, 0) is 17.8 Å². The van der Waals surface area contributed by atoms with Crippen molar-refractivity contribution < 1.29 is 9.53 Å². The zero-order chi connectivity index (χ0) is 12.5. The van der Waals surface area contributed by atoms with Crippen LogP contribution in [0.1, 0.15) is 30.4 Å². The van der Waals surface area contributed by atoms with Crippen molar-refractivity contribution in [2.24, 2.45) is 5.92 Å². The second-order valence-electron chi connectivity index (χ2n) is 5.00. The van der Waals surface area contributed by atoms with E-state index in [4.69, 9.17) is 4.74 Å². The number of amides is 1. The molecule has 0 aromatic heterocycles. The van der Waals surface area contributed by atoms with E-state index in [0.717, 1.165) is 41.7 Å². The van der Waals surface area contributed by atoms with Gasteiger partial charge in [-0.3, -0.25) is 4.79 Å². The third-order valence-corrected chi connectivity index (χ3v) is 4.21. The van der Waals surface area contributed by atoms with E-state index in [1.165, 1.54) is 12.0 Å². The number of carbonyl (C=O) groups excluding carboxylic acids is 1. The van der Waals surface area contributed by atoms with E-state index < -0.39 is 0 Å². The van der Waals surface area contributed by atoms with E-state index in [1.54, 1.807) is 0 Å². The minimum atomic E-state index is 0.188. The van der Waals surface area contributed by atoms with E-state index in [1.807, 2.05) is 6.07 Å². The highest BCUT2D eigenvalue weighted by molar-refractivity contribution is 9.10. The monoisotopic (exact) mass is 309 g/mol. The fourth-order valence-corrected chi connectivity index (χ4v) is 3.03. The van der Waals surface area contributed by atoms with Crippen LogP contribution in [0.25, 0.3) is 0 Å². The van der Waals surface area contributed by atoms with Crippen molar-refractivity contribution in [2.45, 2.75) is 32.2 Å². The SMILES string of the molecule is O=C(NCc1cc(Br)cc2c1OCC2)C1CCC1. The number of hydrogen-bond acceptors (Lipinski definition) is 2. The summed E-state index contributed by atoms with van der Waals surface area (Å²) in [4.78, 5) is 11.8. The van der Waals surface area contributed by atoms with Crippen LogP contribution < -0.4 is 10.1 Å². The maximum absolute atomic E-state index is 11.8. The topological polar surface area (TPSA) is 38.3 Å². The molecule has 0 atom stereocenters. The normalized spacial score (nSPS) is 17.8. The van der Waals surface area contributed by atoms with Crippen LogP contribution in [-0.4, -0.2) is 12.5 Å². The molecule has 0 bridgehead atoms. The highest BCUT2D eigenvalue weighted by Gasteiger charge is 2.25. The molecule has 0 saturated heterocycles. The Morgan fingerprint density at radius 1 is 1.44 bits per heavy atom. The second-order valence-corrected chi connectivity index (χ2v) is 5.91. The van der Waals surface area contributed by atoms with Gasteiger partial charge in [0, 0.05) is 28.9 Å². The first kappa shape index (κ1) is 12.0. The van der Waals surface area contributed by atoms with E-state index in [-0.39, 0.29) is 11.8 Å². The van der Waals surface area contributed by atoms with Gasteiger partial charge in [-0.1, -0.05) is 22.4 Å². The van der Waals surface area contributed by atoms with Gasteiger partial charge < -0.3 is 10.1 Å². The minimum absolute atomic E-state index is 0.188. The van der Waals surface area contributed by atoms with Crippen molar-refractivity contribution in [3.8, 4) is 5.75 Å². The van der Waals surface area contributed by atoms with Gasteiger partial charge in [-0.2, -0.15) is 0 Å². The minimum Gasteiger partial charge on any atom is -0.493 e. The van der Waals surface area contributed by atoms with Crippen molar-refractivity contribution in [2.75, 3.05) is 6.61 Å². The summed E-state index contributed by atoms with van der Waals surface area (Å²) in [6, 6.07) is 4.13. The summed E-state index contributed by atoms with van der Waals surface area (Å²) in [7, 11) is 0. The van der Waals surface area contributed by atoms with Crippen molar-refractivity contribution >= 4 is 21.8 Å². The molecule has 1 N–H and O–H groups in total. The molecule has 0 spiro atoms. The number of hydrogen-bond donors (Lipinski definition) is 1. The van der Waals surface area contributed by atoms with Crippen LogP contribution in [0.3, 0.4) is 0 Å². The fourth-order valence-electron chi connectivity index (χ4n) is 2.47. The zero-order valence-corrected chi connectivity index (χ0v) is 11.8. The Balaban J connectivity index is 1.70. The summed E-state index contributed by atoms with van der Waals surface area (Å²) in [5.41, 5.74) is 2.31. The van der Waals surface area contributed by atoms with Crippen LogP contribution in [0.2, 0.25) is 0 Å². The number of ether oxygens (including phenoxy) is 1. The Bertz CT molecular complexity index is 483. The Morgan fingerprint density at radius 2 is 2.28 bits per heavy atom. The standard InChI is InChI=1S/C14H16BrNO2/c15-12-6-10-4-5-18-13(10)11(7-12)8-16-14(17)9-2-1-3-9/h6-7,9H,1-5,8H2,(H,16,17). The summed E-state index contributed by atoms with van der Waals surface area (Å²) >= 11 is 3.51. The Hall–Kier alpha value is -1.03. The molecule has 3 rings (SSSR count). The lowest BCUT2D eigenvalue weighted by Crippen LogP contribution is -2.34. The highest BCUT2D eigenvalue weighted by Crippen LogP contribution is 2.33. The number of nitrogens with one attached hydrogen (secondary N) is 1. The molecule has 1 aliphatic heterocycles. The molecule has 1 heterocycles. The lowest BCUT2D eigenvalue weighted by molar-refractivity contribution is -0.127. The number of rotatable bonds is 3. The summed E-state index contributed by atoms with van der Waals surface area (Å²) in [6.45, 7) is 1.31. The van der Waals surface area contributed by atoms with Gasteiger partial charge in [-0.15, -0.1) is 0 Å². The summed E-state index contributed by atoms with van der Waals surface area (Å²) in [5, 5.41) is 3.02. The van der Waals surface area contributed by atoms with Crippen molar-refractivity contribution in [1.82, 2.24) is 5.32 Å². The molecule has 0 unspecified atom stereocenters. The Kier molecular flexibility index (Phi) is 3.29. The molecular formula is C14H16BrNO2. The molecule has 4 heteroatoms. The lowest BCUT2D eigenvalue weighted by Gasteiger charge is -2.24. The maximum Gasteiger partial charge on any atom is 0.223 e. The number of benzene rings is 1. The predicted molar refractivity (Wildman–Crippen MR) is 72.5 cm³/mol. The third-order valence-electron chi connectivity index (χ3n) is 3.75. The van der Waals surface area contributed by atoms with Crippen LogP contribution in [0.5, 0.6) is 5.75 Å². The molecule has 1 saturated carbocycles. The molecule has 0 radical (unpaired) electrons. The molecular weight excluding hydrogens is 294 g/mol. The Labute approximate surface area is 115 Å². The lowest BCUT2D eigenvalue weighted by atomic mass is 9.85. The molecule has 1 aliphatic carbocycles. The van der Waals surface area contributed by atoms with Crippen molar-refractivity contribution in [1.29, 1.82) is 0 Å². The largest absolute Gasteiger partial charge is 0.493 e. The first-order valence-corrected chi connectivity index (χ1v) is 7.25. The molecule has 1 fully saturated rings. The van der Waals surface area contributed by atoms with E-state index in [0.29, 0.717) is 6.54 Å². The van der Waals surface area contributed by atoms with E-state index >= 15 is 0 Å². The van der Waals surface area contributed by atoms with Gasteiger partial charge in [0.25, 0.3) is 0 Å². The number of fused-ring (bicyclic) bond motifs is 1. The molecule has 2 aliphatic rings. The smallest absolute Gasteiger partial charge is 0.223 e. The van der Waals surface area contributed by atoms with Gasteiger partial charge in [0.15, 0.2) is 0 Å². The van der Waals surface area contributed by atoms with Crippen LogP contribution in [0, 0.1) is 5.92 Å². The van der Waals surface area contributed by atoms with Crippen molar-refractivity contribution in [3.63, 3.8) is 0 Å². The first-order chi connectivity index (χ1) is 8.74. The van der Waals surface area contributed by atoms with E-state index in [9.17, 15) is 4.79 Å². The third kappa shape index (κ3) is 2.26. The molecule has 3 nitrogen and oxygen atoms in total. The summed E-state index contributed by atoms with van der Waals surface area (Å²) in [6.07, 6.45) is 4.23. The highest BCUT2D eigenvalue weighted by atomic mass is 79.9. The number of carbonyl (C=O) groups is 1. The van der Waals surface area contributed by atoms with Crippen molar-refractivity contribution in [3.05, 3.63) is 27.7 Å². The molecule has 1 aromatic carbocycles. The second kappa shape index (κ2) is 4.92. The van der Waals surface area contributed by atoms with Crippen LogP contribution >= 0.6 is 15.9 Å². The Morgan fingerprint density at radius 3 is 3.00 bits per heavy atom. The average Bonchev–Trinajstić information content (AvgIpc) is 2.71. The van der Waals surface area contributed by atoms with Gasteiger partial charge in [0.2, 0.25) is 5.91 Å². The predicted octanol–water partition coefficient (Wildman–Crippen LogP) is 2.80. The zero-order valence-electron chi connectivity index (χ0n) is 10.2. The molecule has 18 heavy (non-hydrogen) atoms. The quantitative estimate of drug-likeness (QED) is 0.932. The molecule has 96 valence electrons. The van der Waals surface area contributed by atoms with Gasteiger partial charge in [-0.05, 0) is 30.5 Å². The molecule has 1 aromatic rings. The van der Waals surface area contributed by atoms with Gasteiger partial charge in [0.05, 0.1) is 6.61 Å². The summed E-state index contributed by atoms with van der Waals surface area (Å²) < 4.78 is 6.70. The van der Waals surface area contributed by atoms with Gasteiger partial charge in [0.1, 0.15) is 5.75 Å². The van der Waals surface area contributed by atoms with Gasteiger partial charge >= 0.3 is 0 Å². The van der Waals surface area contributed by atoms with Crippen LogP contribution in [0.4, 0.5) is 0 Å². The van der Waals surface area contributed by atoms with Gasteiger partial charge in [-0.25, -0.2) is 0 Å². The maximum atomic E-state index is 11.8. The number of halogens is 1. The van der Waals surface area contributed by atoms with Crippen LogP contribution in [0.15, 0.2) is 16.6 Å². The first-order valence-electron chi connectivity index (χ1n) is 6.46. The molecule has 1 amide bonds. The van der Waals surface area contributed by atoms with E-state index in [2.05, 4.69) is 27.3 Å². The average molecular weight is 310 g/mol. The fraction of sp³-hybridized carbons (Fsp3) is 0.500.